The lowest BCUT2D eigenvalue weighted by molar-refractivity contribution is 0.0603. The van der Waals surface area contributed by atoms with Crippen molar-refractivity contribution >= 4 is 38.5 Å². The number of phenolic OH excluding ortho intramolecular Hbond substituents is 1. The maximum Gasteiger partial charge on any atom is 0.338 e. The van der Waals surface area contributed by atoms with E-state index in [4.69, 9.17) is 4.74 Å². The molecule has 1 N–H and O–H groups in total. The van der Waals surface area contributed by atoms with Gasteiger partial charge in [0.2, 0.25) is 0 Å². The number of hydrogen-bond donors (Lipinski definition) is 1. The fourth-order valence-electron chi connectivity index (χ4n) is 4.64. The normalized spacial score (nSPS) is 11.6. The smallest absolute Gasteiger partial charge is 0.338 e. The Bertz CT molecular complexity index is 1490. The molecule has 0 saturated heterocycles. The Morgan fingerprint density at radius 2 is 1.69 bits per heavy atom. The predicted octanol–water partition coefficient (Wildman–Crippen LogP) is 6.61. The molecule has 4 heteroatoms. The van der Waals surface area contributed by atoms with E-state index >= 15 is 0 Å². The number of aromatic hydroxyl groups is 1. The van der Waals surface area contributed by atoms with E-state index in [1.165, 1.54) is 23.4 Å². The average Bonchev–Trinajstić information content (AvgIpc) is 3.13. The van der Waals surface area contributed by atoms with Crippen molar-refractivity contribution in [2.24, 2.45) is 0 Å². The minimum Gasteiger partial charge on any atom is -0.507 e. The first-order chi connectivity index (χ1) is 15.5. The number of benzene rings is 4. The minimum atomic E-state index is -0.410. The lowest BCUT2D eigenvalue weighted by atomic mass is 9.99. The Morgan fingerprint density at radius 3 is 2.47 bits per heavy atom. The van der Waals surface area contributed by atoms with E-state index in [1.54, 1.807) is 6.07 Å². The maximum absolute atomic E-state index is 12.6. The van der Waals surface area contributed by atoms with Crippen LogP contribution in [0.3, 0.4) is 0 Å². The second kappa shape index (κ2) is 7.72. The highest BCUT2D eigenvalue weighted by Gasteiger charge is 2.22. The Balaban J connectivity index is 1.87. The summed E-state index contributed by atoms with van der Waals surface area (Å²) < 4.78 is 7.25. The van der Waals surface area contributed by atoms with Gasteiger partial charge in [0, 0.05) is 11.9 Å². The van der Waals surface area contributed by atoms with Crippen LogP contribution in [0.25, 0.3) is 32.6 Å². The van der Waals surface area contributed by atoms with Crippen LogP contribution >= 0.6 is 0 Å². The quantitative estimate of drug-likeness (QED) is 0.331. The van der Waals surface area contributed by atoms with Crippen LogP contribution < -0.4 is 0 Å². The lowest BCUT2D eigenvalue weighted by Gasteiger charge is -2.13. The second-order valence-corrected chi connectivity index (χ2v) is 8.50. The van der Waals surface area contributed by atoms with Crippen LogP contribution in [0.1, 0.15) is 41.3 Å². The molecule has 0 amide bonds. The van der Waals surface area contributed by atoms with Crippen LogP contribution in [-0.2, 0) is 11.3 Å². The summed E-state index contributed by atoms with van der Waals surface area (Å²) in [5.41, 5.74) is 4.50. The van der Waals surface area contributed by atoms with Crippen LogP contribution in [0.15, 0.2) is 72.8 Å². The molecule has 0 fully saturated rings. The fraction of sp³-hybridized carbons (Fsp3) is 0.179. The monoisotopic (exact) mass is 423 g/mol. The molecule has 0 saturated carbocycles. The summed E-state index contributed by atoms with van der Waals surface area (Å²) in [6, 6.07) is 24.2. The summed E-state index contributed by atoms with van der Waals surface area (Å²) in [6.07, 6.45) is 0. The van der Waals surface area contributed by atoms with Crippen molar-refractivity contribution in [2.45, 2.75) is 26.3 Å². The fourth-order valence-corrected chi connectivity index (χ4v) is 4.64. The molecule has 0 aliphatic carbocycles. The first-order valence-electron chi connectivity index (χ1n) is 10.8. The molecule has 0 unspecified atom stereocenters. The second-order valence-electron chi connectivity index (χ2n) is 8.50. The van der Waals surface area contributed by atoms with E-state index in [9.17, 15) is 9.90 Å². The van der Waals surface area contributed by atoms with Crippen molar-refractivity contribution in [1.82, 2.24) is 4.57 Å². The average molecular weight is 424 g/mol. The number of ether oxygens (including phenoxy) is 1. The third-order valence-electron chi connectivity index (χ3n) is 6.27. The van der Waals surface area contributed by atoms with Gasteiger partial charge in [-0.15, -0.1) is 0 Å². The van der Waals surface area contributed by atoms with Gasteiger partial charge in [0.25, 0.3) is 0 Å². The molecule has 160 valence electrons. The molecule has 1 heterocycles. The van der Waals surface area contributed by atoms with Gasteiger partial charge in [0.1, 0.15) is 5.75 Å². The minimum absolute atomic E-state index is 0.184. The number of hydrogen-bond acceptors (Lipinski definition) is 3. The van der Waals surface area contributed by atoms with Gasteiger partial charge in [-0.05, 0) is 52.1 Å². The zero-order chi connectivity index (χ0) is 22.4. The van der Waals surface area contributed by atoms with Crippen LogP contribution in [0.4, 0.5) is 0 Å². The van der Waals surface area contributed by atoms with E-state index in [0.29, 0.717) is 17.5 Å². The molecular weight excluding hydrogens is 398 g/mol. The lowest BCUT2D eigenvalue weighted by Crippen LogP contribution is -2.03. The van der Waals surface area contributed by atoms with Crippen LogP contribution in [0, 0.1) is 0 Å². The summed E-state index contributed by atoms with van der Waals surface area (Å²) in [4.78, 5) is 12.6. The summed E-state index contributed by atoms with van der Waals surface area (Å²) in [5.74, 6) is 0.0331. The predicted molar refractivity (Wildman–Crippen MR) is 130 cm³/mol. The third kappa shape index (κ3) is 3.11. The number of carbonyl (C=O) groups is 1. The van der Waals surface area contributed by atoms with Gasteiger partial charge in [0.05, 0.1) is 29.1 Å². The largest absolute Gasteiger partial charge is 0.507 e. The number of nitrogens with zero attached hydrogens (tertiary/aromatic N) is 1. The topological polar surface area (TPSA) is 51.5 Å². The van der Waals surface area contributed by atoms with E-state index in [-0.39, 0.29) is 11.7 Å². The molecule has 0 aliphatic rings. The number of rotatable bonds is 4. The van der Waals surface area contributed by atoms with Crippen molar-refractivity contribution in [3.05, 3.63) is 89.5 Å². The van der Waals surface area contributed by atoms with Gasteiger partial charge >= 0.3 is 5.97 Å². The molecule has 0 aliphatic heterocycles. The Kier molecular flexibility index (Phi) is 4.86. The van der Waals surface area contributed by atoms with Crippen LogP contribution in [-0.4, -0.2) is 22.8 Å². The standard InChI is InChI=1S/C28H25NO3/c1-17(2)20-14-24-27(25(30)15-20)26-22(28(31)32-3)12-7-13-23(26)29(24)16-19-10-6-9-18-8-4-5-11-21(18)19/h4-15,17,30H,16H2,1-3H3. The number of aromatic nitrogens is 1. The van der Waals surface area contributed by atoms with Gasteiger partial charge in [0.15, 0.2) is 0 Å². The molecule has 5 aromatic rings. The molecule has 0 bridgehead atoms. The molecule has 0 radical (unpaired) electrons. The van der Waals surface area contributed by atoms with Crippen molar-refractivity contribution in [3.8, 4) is 5.75 Å². The number of phenols is 1. The molecule has 0 atom stereocenters. The number of carbonyl (C=O) groups excluding carboxylic acids is 1. The summed E-state index contributed by atoms with van der Waals surface area (Å²) >= 11 is 0. The molecular formula is C28H25NO3. The molecule has 4 nitrogen and oxygen atoms in total. The Labute approximate surface area is 186 Å². The number of fused-ring (bicyclic) bond motifs is 4. The SMILES string of the molecule is COC(=O)c1cccc2c1c1c(O)cc(C(C)C)cc1n2Cc1cccc2ccccc12. The molecule has 0 spiro atoms. The third-order valence-corrected chi connectivity index (χ3v) is 6.27. The van der Waals surface area contributed by atoms with Gasteiger partial charge in [-0.3, -0.25) is 0 Å². The summed E-state index contributed by atoms with van der Waals surface area (Å²) in [7, 11) is 1.38. The molecule has 5 rings (SSSR count). The molecule has 32 heavy (non-hydrogen) atoms. The Morgan fingerprint density at radius 1 is 0.938 bits per heavy atom. The highest BCUT2D eigenvalue weighted by atomic mass is 16.5. The van der Waals surface area contributed by atoms with Crippen molar-refractivity contribution < 1.29 is 14.6 Å². The summed E-state index contributed by atoms with van der Waals surface area (Å²) in [5, 5.41) is 14.9. The first-order valence-corrected chi connectivity index (χ1v) is 10.8. The van der Waals surface area contributed by atoms with Gasteiger partial charge < -0.3 is 14.4 Å². The van der Waals surface area contributed by atoms with Crippen LogP contribution in [0.5, 0.6) is 5.75 Å². The molecule has 4 aromatic carbocycles. The zero-order valence-electron chi connectivity index (χ0n) is 18.4. The van der Waals surface area contributed by atoms with Crippen molar-refractivity contribution in [3.63, 3.8) is 0 Å². The van der Waals surface area contributed by atoms with Crippen LogP contribution in [0.2, 0.25) is 0 Å². The number of methoxy groups -OCH3 is 1. The Hall–Kier alpha value is -3.79. The summed E-state index contributed by atoms with van der Waals surface area (Å²) in [6.45, 7) is 4.84. The van der Waals surface area contributed by atoms with Gasteiger partial charge in [-0.2, -0.15) is 0 Å². The van der Waals surface area contributed by atoms with E-state index in [1.807, 2.05) is 24.3 Å². The van der Waals surface area contributed by atoms with Crippen molar-refractivity contribution in [1.29, 1.82) is 0 Å². The van der Waals surface area contributed by atoms with E-state index in [2.05, 4.69) is 60.9 Å². The van der Waals surface area contributed by atoms with E-state index in [0.717, 1.165) is 22.0 Å². The van der Waals surface area contributed by atoms with Crippen molar-refractivity contribution in [2.75, 3.05) is 7.11 Å². The highest BCUT2D eigenvalue weighted by molar-refractivity contribution is 6.19. The highest BCUT2D eigenvalue weighted by Crippen LogP contribution is 2.40. The maximum atomic E-state index is 12.6. The van der Waals surface area contributed by atoms with Gasteiger partial charge in [-0.1, -0.05) is 62.4 Å². The molecule has 1 aromatic heterocycles. The van der Waals surface area contributed by atoms with E-state index < -0.39 is 5.97 Å². The number of esters is 1. The van der Waals surface area contributed by atoms with Gasteiger partial charge in [-0.25, -0.2) is 4.79 Å². The first kappa shape index (κ1) is 20.1. The zero-order valence-corrected chi connectivity index (χ0v) is 18.4.